The molecule has 1 heterocycles. The molecule has 0 aliphatic carbocycles. The first-order valence-electron chi connectivity index (χ1n) is 7.18. The fraction of sp³-hybridized carbons (Fsp3) is 0.312. The molecule has 0 fully saturated rings. The summed E-state index contributed by atoms with van der Waals surface area (Å²) in [4.78, 5) is 28.0. The molecule has 1 aromatic heterocycles. The summed E-state index contributed by atoms with van der Waals surface area (Å²) in [5, 5.41) is 7.65. The van der Waals surface area contributed by atoms with Gasteiger partial charge >= 0.3 is 0 Å². The quantitative estimate of drug-likeness (QED) is 0.860. The number of carbonyl (C=O) groups is 2. The number of anilines is 1. The van der Waals surface area contributed by atoms with Crippen molar-refractivity contribution >= 4 is 28.3 Å². The lowest BCUT2D eigenvalue weighted by Crippen LogP contribution is -2.32. The number of nitrogens with one attached hydrogen (secondary N) is 2. The van der Waals surface area contributed by atoms with E-state index in [1.807, 2.05) is 44.2 Å². The number of thiazole rings is 1. The van der Waals surface area contributed by atoms with Gasteiger partial charge in [0, 0.05) is 11.4 Å². The van der Waals surface area contributed by atoms with E-state index in [0.717, 1.165) is 12.0 Å². The molecule has 2 aromatic rings. The first-order valence-corrected chi connectivity index (χ1v) is 8.06. The maximum absolute atomic E-state index is 11.9. The van der Waals surface area contributed by atoms with E-state index in [1.54, 1.807) is 5.38 Å². The molecule has 1 aromatic carbocycles. The molecule has 22 heavy (non-hydrogen) atoms. The van der Waals surface area contributed by atoms with Crippen molar-refractivity contribution in [1.82, 2.24) is 10.3 Å². The van der Waals surface area contributed by atoms with Crippen molar-refractivity contribution in [3.8, 4) is 0 Å². The predicted octanol–water partition coefficient (Wildman–Crippen LogP) is 2.85. The third kappa shape index (κ3) is 4.66. The van der Waals surface area contributed by atoms with Crippen molar-refractivity contribution in [1.29, 1.82) is 0 Å². The van der Waals surface area contributed by atoms with Crippen LogP contribution in [0.4, 0.5) is 5.13 Å². The Morgan fingerprint density at radius 3 is 2.68 bits per heavy atom. The Labute approximate surface area is 133 Å². The van der Waals surface area contributed by atoms with Gasteiger partial charge in [0.15, 0.2) is 5.13 Å². The highest BCUT2D eigenvalue weighted by atomic mass is 32.1. The number of benzene rings is 1. The summed E-state index contributed by atoms with van der Waals surface area (Å²) in [5.74, 6) is -0.358. The fourth-order valence-corrected chi connectivity index (χ4v) is 2.49. The van der Waals surface area contributed by atoms with Crippen LogP contribution in [0.15, 0.2) is 35.7 Å². The minimum Gasteiger partial charge on any atom is -0.348 e. The SMILES string of the molecule is CCC(C)NC(=O)c1csc(NC(=O)Cc2ccccc2)n1. The highest BCUT2D eigenvalue weighted by Gasteiger charge is 2.14. The van der Waals surface area contributed by atoms with Crippen LogP contribution < -0.4 is 10.6 Å². The van der Waals surface area contributed by atoms with Crippen molar-refractivity contribution in [2.45, 2.75) is 32.7 Å². The van der Waals surface area contributed by atoms with E-state index < -0.39 is 0 Å². The Bertz CT molecular complexity index is 640. The number of rotatable bonds is 6. The van der Waals surface area contributed by atoms with Crippen LogP contribution >= 0.6 is 11.3 Å². The lowest BCUT2D eigenvalue weighted by atomic mass is 10.1. The molecule has 0 aliphatic rings. The van der Waals surface area contributed by atoms with Crippen molar-refractivity contribution in [2.75, 3.05) is 5.32 Å². The Balaban J connectivity index is 1.91. The molecule has 1 unspecified atom stereocenters. The zero-order chi connectivity index (χ0) is 15.9. The highest BCUT2D eigenvalue weighted by molar-refractivity contribution is 7.14. The predicted molar refractivity (Wildman–Crippen MR) is 88.1 cm³/mol. The number of aromatic nitrogens is 1. The second kappa shape index (κ2) is 7.70. The molecule has 0 aliphatic heterocycles. The van der Waals surface area contributed by atoms with Crippen molar-refractivity contribution < 1.29 is 9.59 Å². The van der Waals surface area contributed by atoms with Gasteiger partial charge in [-0.1, -0.05) is 37.3 Å². The molecule has 0 bridgehead atoms. The average Bonchev–Trinajstić information content (AvgIpc) is 2.96. The third-order valence-electron chi connectivity index (χ3n) is 3.18. The topological polar surface area (TPSA) is 71.1 Å². The Kier molecular flexibility index (Phi) is 5.66. The molecule has 116 valence electrons. The summed E-state index contributed by atoms with van der Waals surface area (Å²) in [5.41, 5.74) is 1.27. The van der Waals surface area contributed by atoms with E-state index >= 15 is 0 Å². The first kappa shape index (κ1) is 16.2. The zero-order valence-corrected chi connectivity index (χ0v) is 13.4. The van der Waals surface area contributed by atoms with E-state index in [2.05, 4.69) is 15.6 Å². The van der Waals surface area contributed by atoms with Gasteiger partial charge in [0.1, 0.15) is 5.69 Å². The van der Waals surface area contributed by atoms with E-state index in [4.69, 9.17) is 0 Å². The standard InChI is InChI=1S/C16H19N3O2S/c1-3-11(2)17-15(21)13-10-22-16(18-13)19-14(20)9-12-7-5-4-6-8-12/h4-8,10-11H,3,9H2,1-2H3,(H,17,21)(H,18,19,20). The van der Waals surface area contributed by atoms with Gasteiger partial charge in [-0.25, -0.2) is 4.98 Å². The average molecular weight is 317 g/mol. The van der Waals surface area contributed by atoms with Gasteiger partial charge < -0.3 is 10.6 Å². The molecule has 0 saturated heterocycles. The van der Waals surface area contributed by atoms with Crippen molar-refractivity contribution in [3.05, 3.63) is 47.0 Å². The number of hydrogen-bond donors (Lipinski definition) is 2. The van der Waals surface area contributed by atoms with Crippen molar-refractivity contribution in [3.63, 3.8) is 0 Å². The van der Waals surface area contributed by atoms with Gasteiger partial charge in [-0.05, 0) is 18.9 Å². The highest BCUT2D eigenvalue weighted by Crippen LogP contribution is 2.16. The molecule has 1 atom stereocenters. The van der Waals surface area contributed by atoms with Crippen LogP contribution in [-0.2, 0) is 11.2 Å². The lowest BCUT2D eigenvalue weighted by Gasteiger charge is -2.09. The summed E-state index contributed by atoms with van der Waals surface area (Å²) in [6, 6.07) is 9.58. The number of carbonyl (C=O) groups excluding carboxylic acids is 2. The van der Waals surface area contributed by atoms with E-state index in [9.17, 15) is 9.59 Å². The van der Waals surface area contributed by atoms with Gasteiger partial charge in [0.2, 0.25) is 5.91 Å². The largest absolute Gasteiger partial charge is 0.348 e. The van der Waals surface area contributed by atoms with Crippen LogP contribution in [0.1, 0.15) is 36.3 Å². The lowest BCUT2D eigenvalue weighted by molar-refractivity contribution is -0.115. The number of hydrogen-bond acceptors (Lipinski definition) is 4. The molecule has 2 N–H and O–H groups in total. The molecular formula is C16H19N3O2S. The van der Waals surface area contributed by atoms with Crippen LogP contribution in [0, 0.1) is 0 Å². The molecule has 0 saturated carbocycles. The molecule has 2 amide bonds. The molecule has 5 nitrogen and oxygen atoms in total. The Hall–Kier alpha value is -2.21. The number of nitrogens with zero attached hydrogens (tertiary/aromatic N) is 1. The van der Waals surface area contributed by atoms with E-state index in [1.165, 1.54) is 11.3 Å². The smallest absolute Gasteiger partial charge is 0.271 e. The monoisotopic (exact) mass is 317 g/mol. The summed E-state index contributed by atoms with van der Waals surface area (Å²) < 4.78 is 0. The minimum absolute atomic E-state index is 0.102. The second-order valence-corrected chi connectivity index (χ2v) is 5.89. The van der Waals surface area contributed by atoms with Gasteiger partial charge in [-0.2, -0.15) is 0 Å². The minimum atomic E-state index is -0.214. The summed E-state index contributed by atoms with van der Waals surface area (Å²) in [6.07, 6.45) is 1.14. The van der Waals surface area contributed by atoms with Gasteiger partial charge in [0.05, 0.1) is 6.42 Å². The number of amides is 2. The maximum atomic E-state index is 11.9. The molecule has 2 rings (SSSR count). The van der Waals surface area contributed by atoms with Crippen LogP contribution in [0.5, 0.6) is 0 Å². The molecular weight excluding hydrogens is 298 g/mol. The third-order valence-corrected chi connectivity index (χ3v) is 3.94. The Morgan fingerprint density at radius 1 is 1.27 bits per heavy atom. The van der Waals surface area contributed by atoms with E-state index in [0.29, 0.717) is 10.8 Å². The van der Waals surface area contributed by atoms with Crippen LogP contribution in [0.2, 0.25) is 0 Å². The maximum Gasteiger partial charge on any atom is 0.271 e. The second-order valence-electron chi connectivity index (χ2n) is 5.03. The Morgan fingerprint density at radius 2 is 2.00 bits per heavy atom. The fourth-order valence-electron chi connectivity index (χ4n) is 1.78. The normalized spacial score (nSPS) is 11.7. The summed E-state index contributed by atoms with van der Waals surface area (Å²) >= 11 is 1.25. The molecule has 6 heteroatoms. The van der Waals surface area contributed by atoms with Gasteiger partial charge in [-0.15, -0.1) is 11.3 Å². The van der Waals surface area contributed by atoms with Crippen molar-refractivity contribution in [2.24, 2.45) is 0 Å². The summed E-state index contributed by atoms with van der Waals surface area (Å²) in [7, 11) is 0. The van der Waals surface area contributed by atoms with Gasteiger partial charge in [-0.3, -0.25) is 9.59 Å². The molecule has 0 radical (unpaired) electrons. The zero-order valence-electron chi connectivity index (χ0n) is 12.6. The van der Waals surface area contributed by atoms with Crippen LogP contribution in [0.25, 0.3) is 0 Å². The van der Waals surface area contributed by atoms with E-state index in [-0.39, 0.29) is 24.3 Å². The summed E-state index contributed by atoms with van der Waals surface area (Å²) in [6.45, 7) is 3.94. The van der Waals surface area contributed by atoms with Crippen LogP contribution in [-0.4, -0.2) is 22.8 Å². The van der Waals surface area contributed by atoms with Crippen LogP contribution in [0.3, 0.4) is 0 Å². The van der Waals surface area contributed by atoms with Gasteiger partial charge in [0.25, 0.3) is 5.91 Å². The molecule has 0 spiro atoms. The first-order chi connectivity index (χ1) is 10.6.